The van der Waals surface area contributed by atoms with E-state index in [1.54, 1.807) is 0 Å². The number of hydrogen-bond acceptors (Lipinski definition) is 3. The quantitative estimate of drug-likeness (QED) is 0.789. The maximum Gasteiger partial charge on any atom is 0.417 e. The van der Waals surface area contributed by atoms with Crippen LogP contribution in [0.3, 0.4) is 0 Å². The smallest absolute Gasteiger partial charge is 0.313 e. The number of aromatic nitrogens is 1. The molecule has 1 N–H and O–H groups in total. The predicted octanol–water partition coefficient (Wildman–Crippen LogP) is 4.36. The van der Waals surface area contributed by atoms with Gasteiger partial charge in [-0.05, 0) is 37.4 Å². The molecule has 1 heterocycles. The van der Waals surface area contributed by atoms with Crippen LogP contribution in [-0.2, 0) is 6.18 Å². The van der Waals surface area contributed by atoms with Crippen molar-refractivity contribution in [2.45, 2.75) is 49.9 Å². The van der Waals surface area contributed by atoms with Gasteiger partial charge in [0.25, 0.3) is 0 Å². The number of alkyl halides is 3. The Balaban J connectivity index is 1.91. The molecule has 0 radical (unpaired) electrons. The minimum absolute atomic E-state index is 0.423. The van der Waals surface area contributed by atoms with Crippen molar-refractivity contribution in [3.8, 4) is 0 Å². The molecule has 6 heteroatoms. The van der Waals surface area contributed by atoms with Crippen LogP contribution in [0.25, 0.3) is 0 Å². The molecule has 2 nitrogen and oxygen atoms in total. The molecule has 0 aromatic carbocycles. The molecule has 1 aromatic heterocycles. The van der Waals surface area contributed by atoms with E-state index in [1.807, 2.05) is 0 Å². The molecule has 0 amide bonds. The van der Waals surface area contributed by atoms with Crippen LogP contribution in [0.1, 0.15) is 38.2 Å². The standard InChI is InChI=1S/C15H21F3N2S/c1-2-19-13(11-5-3-4-6-11)10-21-14-8-7-12(9-20-14)15(16,17)18/h7-9,11,13,19H,2-6,10H2,1H3. The molecule has 1 unspecified atom stereocenters. The number of nitrogens with one attached hydrogen (secondary N) is 1. The molecule has 1 saturated carbocycles. The summed E-state index contributed by atoms with van der Waals surface area (Å²) in [5, 5.41) is 4.16. The number of nitrogens with zero attached hydrogens (tertiary/aromatic N) is 1. The van der Waals surface area contributed by atoms with Gasteiger partial charge in [-0.3, -0.25) is 0 Å². The zero-order valence-corrected chi connectivity index (χ0v) is 12.9. The Bertz CT molecular complexity index is 428. The Morgan fingerprint density at radius 2 is 2.05 bits per heavy atom. The van der Waals surface area contributed by atoms with Gasteiger partial charge in [0.15, 0.2) is 0 Å². The van der Waals surface area contributed by atoms with Gasteiger partial charge in [0.2, 0.25) is 0 Å². The number of hydrogen-bond donors (Lipinski definition) is 1. The van der Waals surface area contributed by atoms with Crippen LogP contribution in [0, 0.1) is 5.92 Å². The molecule has 118 valence electrons. The van der Waals surface area contributed by atoms with Crippen molar-refractivity contribution in [3.63, 3.8) is 0 Å². The summed E-state index contributed by atoms with van der Waals surface area (Å²) in [4.78, 5) is 3.92. The number of halogens is 3. The summed E-state index contributed by atoms with van der Waals surface area (Å²) < 4.78 is 37.4. The topological polar surface area (TPSA) is 24.9 Å². The molecule has 21 heavy (non-hydrogen) atoms. The van der Waals surface area contributed by atoms with Crippen LogP contribution in [0.2, 0.25) is 0 Å². The predicted molar refractivity (Wildman–Crippen MR) is 79.4 cm³/mol. The summed E-state index contributed by atoms with van der Waals surface area (Å²) in [6, 6.07) is 2.99. The number of thioether (sulfide) groups is 1. The van der Waals surface area contributed by atoms with Gasteiger partial charge in [-0.25, -0.2) is 4.98 Å². The van der Waals surface area contributed by atoms with Crippen LogP contribution < -0.4 is 5.32 Å². The van der Waals surface area contributed by atoms with Crippen molar-refractivity contribution in [2.24, 2.45) is 5.92 Å². The fraction of sp³-hybridized carbons (Fsp3) is 0.667. The maximum absolute atomic E-state index is 12.5. The summed E-state index contributed by atoms with van der Waals surface area (Å²) in [6.45, 7) is 3.01. The second kappa shape index (κ2) is 7.49. The van der Waals surface area contributed by atoms with Gasteiger partial charge in [-0.1, -0.05) is 19.8 Å². The van der Waals surface area contributed by atoms with Crippen LogP contribution >= 0.6 is 11.8 Å². The highest BCUT2D eigenvalue weighted by atomic mass is 32.2. The Hall–Kier alpha value is -0.750. The molecule has 1 atom stereocenters. The van der Waals surface area contributed by atoms with Gasteiger partial charge < -0.3 is 5.32 Å². The van der Waals surface area contributed by atoms with E-state index < -0.39 is 11.7 Å². The van der Waals surface area contributed by atoms with Crippen molar-refractivity contribution in [1.82, 2.24) is 10.3 Å². The highest BCUT2D eigenvalue weighted by Crippen LogP contribution is 2.32. The monoisotopic (exact) mass is 318 g/mol. The van der Waals surface area contributed by atoms with E-state index in [1.165, 1.54) is 43.5 Å². The highest BCUT2D eigenvalue weighted by molar-refractivity contribution is 7.99. The fourth-order valence-electron chi connectivity index (χ4n) is 2.79. The Morgan fingerprint density at radius 1 is 1.33 bits per heavy atom. The van der Waals surface area contributed by atoms with Crippen molar-refractivity contribution < 1.29 is 13.2 Å². The minimum Gasteiger partial charge on any atom is -0.313 e. The first-order valence-corrected chi connectivity index (χ1v) is 8.38. The first-order chi connectivity index (χ1) is 10.0. The second-order valence-electron chi connectivity index (χ2n) is 5.40. The Kier molecular flexibility index (Phi) is 5.93. The van der Waals surface area contributed by atoms with E-state index in [0.717, 1.165) is 24.6 Å². The average molecular weight is 318 g/mol. The second-order valence-corrected chi connectivity index (χ2v) is 6.44. The summed E-state index contributed by atoms with van der Waals surface area (Å²) in [7, 11) is 0. The maximum atomic E-state index is 12.5. The lowest BCUT2D eigenvalue weighted by Crippen LogP contribution is -2.37. The third-order valence-corrected chi connectivity index (χ3v) is 4.97. The third-order valence-electron chi connectivity index (χ3n) is 3.91. The normalized spacial score (nSPS) is 18.1. The molecular weight excluding hydrogens is 297 g/mol. The molecule has 1 aliphatic rings. The van der Waals surface area contributed by atoms with Gasteiger partial charge >= 0.3 is 6.18 Å². The molecule has 1 fully saturated rings. The van der Waals surface area contributed by atoms with E-state index in [2.05, 4.69) is 17.2 Å². The zero-order valence-electron chi connectivity index (χ0n) is 12.1. The number of pyridine rings is 1. The van der Waals surface area contributed by atoms with Crippen LogP contribution in [-0.4, -0.2) is 23.3 Å². The minimum atomic E-state index is -4.31. The van der Waals surface area contributed by atoms with Crippen LogP contribution in [0.4, 0.5) is 13.2 Å². The van der Waals surface area contributed by atoms with Crippen molar-refractivity contribution in [2.75, 3.05) is 12.3 Å². The average Bonchev–Trinajstić information content (AvgIpc) is 2.97. The van der Waals surface area contributed by atoms with Gasteiger partial charge in [0.05, 0.1) is 10.6 Å². The first kappa shape index (κ1) is 16.6. The van der Waals surface area contributed by atoms with Crippen molar-refractivity contribution >= 4 is 11.8 Å². The van der Waals surface area contributed by atoms with E-state index >= 15 is 0 Å². The van der Waals surface area contributed by atoms with Gasteiger partial charge in [0, 0.05) is 18.0 Å². The van der Waals surface area contributed by atoms with E-state index in [4.69, 9.17) is 0 Å². The van der Waals surface area contributed by atoms with Gasteiger partial charge in [0.1, 0.15) is 0 Å². The molecule has 0 bridgehead atoms. The lowest BCUT2D eigenvalue weighted by Gasteiger charge is -2.23. The molecule has 0 aliphatic heterocycles. The molecule has 2 rings (SSSR count). The van der Waals surface area contributed by atoms with Gasteiger partial charge in [-0.15, -0.1) is 11.8 Å². The summed E-state index contributed by atoms with van der Waals surface area (Å²) in [5.41, 5.74) is -0.689. The largest absolute Gasteiger partial charge is 0.417 e. The molecule has 1 aromatic rings. The number of rotatable bonds is 6. The van der Waals surface area contributed by atoms with Crippen LogP contribution in [0.5, 0.6) is 0 Å². The SMILES string of the molecule is CCNC(CSc1ccc(C(F)(F)F)cn1)C1CCCC1. The van der Waals surface area contributed by atoms with E-state index in [9.17, 15) is 13.2 Å². The van der Waals surface area contributed by atoms with E-state index in [0.29, 0.717) is 17.0 Å². The Morgan fingerprint density at radius 3 is 2.57 bits per heavy atom. The fourth-order valence-corrected chi connectivity index (χ4v) is 3.82. The molecular formula is C15H21F3N2S. The molecule has 1 aliphatic carbocycles. The van der Waals surface area contributed by atoms with Crippen LogP contribution in [0.15, 0.2) is 23.4 Å². The molecule has 0 saturated heterocycles. The van der Waals surface area contributed by atoms with Crippen molar-refractivity contribution in [1.29, 1.82) is 0 Å². The first-order valence-electron chi connectivity index (χ1n) is 7.40. The summed E-state index contributed by atoms with van der Waals surface area (Å²) >= 11 is 1.53. The summed E-state index contributed by atoms with van der Waals surface area (Å²) in [5.74, 6) is 1.54. The molecule has 0 spiro atoms. The highest BCUT2D eigenvalue weighted by Gasteiger charge is 2.30. The lowest BCUT2D eigenvalue weighted by molar-refractivity contribution is -0.137. The third kappa shape index (κ3) is 4.88. The summed E-state index contributed by atoms with van der Waals surface area (Å²) in [6.07, 6.45) is 1.68. The zero-order chi connectivity index (χ0) is 15.3. The van der Waals surface area contributed by atoms with Gasteiger partial charge in [-0.2, -0.15) is 13.2 Å². The lowest BCUT2D eigenvalue weighted by atomic mass is 10.00. The Labute approximate surface area is 127 Å². The van der Waals surface area contributed by atoms with E-state index in [-0.39, 0.29) is 0 Å². The van der Waals surface area contributed by atoms with Crippen molar-refractivity contribution in [3.05, 3.63) is 23.9 Å².